The Kier molecular flexibility index (Phi) is 4.59. The molecule has 2 N–H and O–H groups in total. The summed E-state index contributed by atoms with van der Waals surface area (Å²) < 4.78 is 5.65. The Morgan fingerprint density at radius 1 is 1.29 bits per heavy atom. The quantitative estimate of drug-likeness (QED) is 0.768. The summed E-state index contributed by atoms with van der Waals surface area (Å²) >= 11 is 0. The van der Waals surface area contributed by atoms with Crippen LogP contribution in [-0.2, 0) is 9.59 Å². The highest BCUT2D eigenvalue weighted by molar-refractivity contribution is 6.17. The number of aliphatic hydroxyl groups is 1. The van der Waals surface area contributed by atoms with Crippen LogP contribution in [0.1, 0.15) is 13.8 Å². The molecule has 6 nitrogen and oxygen atoms in total. The van der Waals surface area contributed by atoms with Crippen molar-refractivity contribution in [1.82, 2.24) is 4.90 Å². The lowest BCUT2D eigenvalue weighted by Crippen LogP contribution is -2.34. The number of anilines is 1. The van der Waals surface area contributed by atoms with Crippen molar-refractivity contribution in [3.05, 3.63) is 36.0 Å². The first-order chi connectivity index (χ1) is 10.0. The zero-order valence-corrected chi connectivity index (χ0v) is 12.0. The van der Waals surface area contributed by atoms with E-state index in [-0.39, 0.29) is 25.0 Å². The predicted molar refractivity (Wildman–Crippen MR) is 77.7 cm³/mol. The Labute approximate surface area is 123 Å². The highest BCUT2D eigenvalue weighted by Crippen LogP contribution is 2.27. The molecule has 2 amide bonds. The number of β-amino-alcohol motifs (C(OH)–C–C–N with tert-alkyl or cyclic N) is 1. The molecule has 1 heterocycles. The van der Waals surface area contributed by atoms with Gasteiger partial charge in [0.2, 0.25) is 0 Å². The molecule has 2 rings (SSSR count). The van der Waals surface area contributed by atoms with Gasteiger partial charge in [0.25, 0.3) is 11.8 Å². The number of para-hydroxylation sites is 2. The summed E-state index contributed by atoms with van der Waals surface area (Å²) in [6, 6.07) is 7.19. The fourth-order valence-electron chi connectivity index (χ4n) is 1.98. The Morgan fingerprint density at radius 2 is 2.00 bits per heavy atom. The van der Waals surface area contributed by atoms with Crippen molar-refractivity contribution < 1.29 is 19.4 Å². The van der Waals surface area contributed by atoms with E-state index < -0.39 is 11.8 Å². The maximum atomic E-state index is 12.1. The first-order valence-electron chi connectivity index (χ1n) is 6.74. The monoisotopic (exact) mass is 290 g/mol. The van der Waals surface area contributed by atoms with E-state index in [1.165, 1.54) is 6.08 Å². The number of ether oxygens (including phenoxy) is 1. The van der Waals surface area contributed by atoms with Crippen LogP contribution in [0.2, 0.25) is 0 Å². The lowest BCUT2D eigenvalue weighted by atomic mass is 10.2. The van der Waals surface area contributed by atoms with E-state index in [1.807, 2.05) is 26.0 Å². The Hall–Kier alpha value is -2.34. The van der Waals surface area contributed by atoms with Crippen LogP contribution in [0, 0.1) is 0 Å². The third-order valence-electron chi connectivity index (χ3n) is 2.85. The molecule has 6 heteroatoms. The van der Waals surface area contributed by atoms with Gasteiger partial charge in [0.1, 0.15) is 11.4 Å². The van der Waals surface area contributed by atoms with Crippen LogP contribution in [0.4, 0.5) is 5.69 Å². The molecule has 0 fully saturated rings. The zero-order valence-electron chi connectivity index (χ0n) is 12.0. The van der Waals surface area contributed by atoms with Crippen LogP contribution >= 0.6 is 0 Å². The summed E-state index contributed by atoms with van der Waals surface area (Å²) in [4.78, 5) is 24.7. The lowest BCUT2D eigenvalue weighted by Gasteiger charge is -2.16. The standard InChI is InChI=1S/C15H18N2O4/c1-10(2)21-13-6-4-3-5-11(13)16-12-9-14(19)17(7-8-18)15(12)20/h3-6,9-10,16,18H,7-8H2,1-2H3. The molecule has 112 valence electrons. The topological polar surface area (TPSA) is 78.9 Å². The third-order valence-corrected chi connectivity index (χ3v) is 2.85. The summed E-state index contributed by atoms with van der Waals surface area (Å²) in [5.74, 6) is -0.276. The Morgan fingerprint density at radius 3 is 2.67 bits per heavy atom. The number of rotatable bonds is 6. The normalized spacial score (nSPS) is 14.7. The van der Waals surface area contributed by atoms with Crippen LogP contribution in [0.15, 0.2) is 36.0 Å². The maximum Gasteiger partial charge on any atom is 0.277 e. The average Bonchev–Trinajstić information content (AvgIpc) is 2.69. The minimum Gasteiger partial charge on any atom is -0.489 e. The smallest absolute Gasteiger partial charge is 0.277 e. The molecule has 0 atom stereocenters. The zero-order chi connectivity index (χ0) is 15.4. The molecular formula is C15H18N2O4. The molecule has 1 aliphatic heterocycles. The second-order valence-corrected chi connectivity index (χ2v) is 4.86. The number of carbonyl (C=O) groups excluding carboxylic acids is 2. The number of carbonyl (C=O) groups is 2. The minimum atomic E-state index is -0.451. The molecule has 1 aromatic rings. The van der Waals surface area contributed by atoms with Crippen LogP contribution in [0.5, 0.6) is 5.75 Å². The van der Waals surface area contributed by atoms with Crippen LogP contribution in [0.3, 0.4) is 0 Å². The molecule has 21 heavy (non-hydrogen) atoms. The second kappa shape index (κ2) is 6.41. The summed E-state index contributed by atoms with van der Waals surface area (Å²) in [6.45, 7) is 3.54. The number of nitrogens with zero attached hydrogens (tertiary/aromatic N) is 1. The van der Waals surface area contributed by atoms with E-state index in [4.69, 9.17) is 9.84 Å². The summed E-state index contributed by atoms with van der Waals surface area (Å²) in [7, 11) is 0. The molecule has 0 aliphatic carbocycles. The van der Waals surface area contributed by atoms with Crippen molar-refractivity contribution >= 4 is 17.5 Å². The van der Waals surface area contributed by atoms with Gasteiger partial charge in [0.05, 0.1) is 24.9 Å². The summed E-state index contributed by atoms with van der Waals surface area (Å²) in [6.07, 6.45) is 1.22. The van der Waals surface area contributed by atoms with E-state index in [1.54, 1.807) is 12.1 Å². The molecule has 1 aromatic carbocycles. The van der Waals surface area contributed by atoms with Gasteiger partial charge in [0.15, 0.2) is 0 Å². The Balaban J connectivity index is 2.18. The molecule has 1 aliphatic rings. The molecule has 0 aromatic heterocycles. The number of hydrogen-bond acceptors (Lipinski definition) is 5. The number of benzene rings is 1. The van der Waals surface area contributed by atoms with E-state index in [0.717, 1.165) is 4.90 Å². The molecule has 0 saturated heterocycles. The average molecular weight is 290 g/mol. The Bertz CT molecular complexity index is 581. The van der Waals surface area contributed by atoms with Crippen molar-refractivity contribution in [3.8, 4) is 5.75 Å². The molecular weight excluding hydrogens is 272 g/mol. The van der Waals surface area contributed by atoms with Gasteiger partial charge in [-0.25, -0.2) is 0 Å². The fourth-order valence-corrected chi connectivity index (χ4v) is 1.98. The van der Waals surface area contributed by atoms with Gasteiger partial charge in [-0.2, -0.15) is 0 Å². The van der Waals surface area contributed by atoms with E-state index in [9.17, 15) is 9.59 Å². The van der Waals surface area contributed by atoms with Gasteiger partial charge < -0.3 is 15.2 Å². The minimum absolute atomic E-state index is 0.00581. The molecule has 0 bridgehead atoms. The van der Waals surface area contributed by atoms with Crippen molar-refractivity contribution in [1.29, 1.82) is 0 Å². The maximum absolute atomic E-state index is 12.1. The second-order valence-electron chi connectivity index (χ2n) is 4.86. The summed E-state index contributed by atoms with van der Waals surface area (Å²) in [5, 5.41) is 11.8. The van der Waals surface area contributed by atoms with Gasteiger partial charge in [-0.1, -0.05) is 12.1 Å². The van der Waals surface area contributed by atoms with Crippen LogP contribution in [0.25, 0.3) is 0 Å². The number of nitrogens with one attached hydrogen (secondary N) is 1. The van der Waals surface area contributed by atoms with Crippen molar-refractivity contribution in [2.75, 3.05) is 18.5 Å². The predicted octanol–water partition coefficient (Wildman–Crippen LogP) is 1.13. The van der Waals surface area contributed by atoms with Crippen LogP contribution in [-0.4, -0.2) is 41.1 Å². The molecule has 0 unspecified atom stereocenters. The largest absolute Gasteiger partial charge is 0.489 e. The third kappa shape index (κ3) is 3.41. The fraction of sp³-hybridized carbons (Fsp3) is 0.333. The van der Waals surface area contributed by atoms with Gasteiger partial charge >= 0.3 is 0 Å². The first kappa shape index (κ1) is 15.1. The van der Waals surface area contributed by atoms with Crippen molar-refractivity contribution in [3.63, 3.8) is 0 Å². The number of imide groups is 1. The van der Waals surface area contributed by atoms with Crippen LogP contribution < -0.4 is 10.1 Å². The van der Waals surface area contributed by atoms with E-state index in [0.29, 0.717) is 11.4 Å². The lowest BCUT2D eigenvalue weighted by molar-refractivity contribution is -0.137. The number of aliphatic hydroxyl groups excluding tert-OH is 1. The first-order valence-corrected chi connectivity index (χ1v) is 6.74. The van der Waals surface area contributed by atoms with Crippen molar-refractivity contribution in [2.45, 2.75) is 20.0 Å². The van der Waals surface area contributed by atoms with Gasteiger partial charge in [-0.05, 0) is 26.0 Å². The summed E-state index contributed by atoms with van der Waals surface area (Å²) in [5.41, 5.74) is 0.790. The highest BCUT2D eigenvalue weighted by atomic mass is 16.5. The van der Waals surface area contributed by atoms with E-state index >= 15 is 0 Å². The molecule has 0 saturated carbocycles. The highest BCUT2D eigenvalue weighted by Gasteiger charge is 2.30. The molecule has 0 spiro atoms. The SMILES string of the molecule is CC(C)Oc1ccccc1NC1=CC(=O)N(CCO)C1=O. The number of hydrogen-bond donors (Lipinski definition) is 2. The molecule has 0 radical (unpaired) electrons. The van der Waals surface area contributed by atoms with Gasteiger partial charge in [0, 0.05) is 6.08 Å². The van der Waals surface area contributed by atoms with Crippen molar-refractivity contribution in [2.24, 2.45) is 0 Å². The van der Waals surface area contributed by atoms with Gasteiger partial charge in [-0.15, -0.1) is 0 Å². The number of amides is 2. The van der Waals surface area contributed by atoms with E-state index in [2.05, 4.69) is 5.32 Å². The van der Waals surface area contributed by atoms with Gasteiger partial charge in [-0.3, -0.25) is 14.5 Å².